The topological polar surface area (TPSA) is 129 Å². The van der Waals surface area contributed by atoms with Gasteiger partial charge in [0, 0.05) is 11.9 Å². The molecule has 0 aliphatic heterocycles. The van der Waals surface area contributed by atoms with Crippen LogP contribution in [0.15, 0.2) is 59.1 Å². The van der Waals surface area contributed by atoms with Gasteiger partial charge in [0.25, 0.3) is 16.0 Å². The van der Waals surface area contributed by atoms with Crippen molar-refractivity contribution >= 4 is 27.4 Å². The molecule has 0 radical (unpaired) electrons. The molecule has 2 rings (SSSR count). The van der Waals surface area contributed by atoms with Crippen LogP contribution < -0.4 is 15.4 Å². The van der Waals surface area contributed by atoms with Gasteiger partial charge in [0.05, 0.1) is 17.7 Å². The van der Waals surface area contributed by atoms with E-state index in [-0.39, 0.29) is 16.2 Å². The normalized spacial score (nSPS) is 11.4. The third-order valence-electron chi connectivity index (χ3n) is 3.48. The number of hydrogen-bond acceptors (Lipinski definition) is 6. The number of rotatable bonds is 6. The molecule has 0 fully saturated rings. The summed E-state index contributed by atoms with van der Waals surface area (Å²) >= 11 is 0. The van der Waals surface area contributed by atoms with Crippen LogP contribution in [0.2, 0.25) is 0 Å². The molecule has 2 aromatic rings. The molecule has 0 saturated heterocycles. The number of carbonyl (C=O) groups excluding carboxylic acids is 1. The van der Waals surface area contributed by atoms with E-state index in [1.54, 1.807) is 18.2 Å². The van der Waals surface area contributed by atoms with E-state index in [4.69, 9.17) is 9.29 Å². The lowest BCUT2D eigenvalue weighted by Crippen LogP contribution is -2.15. The summed E-state index contributed by atoms with van der Waals surface area (Å²) in [5, 5.41) is 14.5. The smallest absolute Gasteiger partial charge is 0.294 e. The molecule has 0 unspecified atom stereocenters. The molecule has 0 aliphatic rings. The summed E-state index contributed by atoms with van der Waals surface area (Å²) in [5.74, 6) is -0.222. The first-order valence-corrected chi connectivity index (χ1v) is 9.09. The average Bonchev–Trinajstić information content (AvgIpc) is 2.62. The van der Waals surface area contributed by atoms with Crippen LogP contribution in [0, 0.1) is 18.3 Å². The second kappa shape index (κ2) is 8.35. The van der Waals surface area contributed by atoms with Crippen molar-refractivity contribution in [2.24, 2.45) is 0 Å². The van der Waals surface area contributed by atoms with Gasteiger partial charge in [0.1, 0.15) is 17.4 Å². The first kappa shape index (κ1) is 20.0. The molecule has 0 atom stereocenters. The second-order valence-corrected chi connectivity index (χ2v) is 6.90. The molecule has 27 heavy (non-hydrogen) atoms. The Morgan fingerprint density at radius 3 is 2.63 bits per heavy atom. The lowest BCUT2D eigenvalue weighted by atomic mass is 10.2. The summed E-state index contributed by atoms with van der Waals surface area (Å²) in [4.78, 5) is 12.0. The van der Waals surface area contributed by atoms with Crippen molar-refractivity contribution in [2.75, 3.05) is 17.7 Å². The Labute approximate surface area is 156 Å². The van der Waals surface area contributed by atoms with Crippen molar-refractivity contribution in [3.63, 3.8) is 0 Å². The third kappa shape index (κ3) is 5.31. The fourth-order valence-corrected chi connectivity index (χ4v) is 2.69. The zero-order chi connectivity index (χ0) is 20.0. The molecule has 0 bridgehead atoms. The van der Waals surface area contributed by atoms with Crippen LogP contribution in [0.5, 0.6) is 5.75 Å². The molecule has 8 nitrogen and oxygen atoms in total. The SMILES string of the molecule is COc1ccc(C)cc1NC(=O)/C(C#N)=C\Nc1cccc(S(=O)(=O)O)c1. The zero-order valence-corrected chi connectivity index (χ0v) is 15.4. The first-order valence-electron chi connectivity index (χ1n) is 7.65. The Balaban J connectivity index is 2.21. The highest BCUT2D eigenvalue weighted by Gasteiger charge is 2.13. The highest BCUT2D eigenvalue weighted by Crippen LogP contribution is 2.25. The van der Waals surface area contributed by atoms with Gasteiger partial charge in [-0.1, -0.05) is 12.1 Å². The van der Waals surface area contributed by atoms with Crippen LogP contribution in [-0.2, 0) is 14.9 Å². The van der Waals surface area contributed by atoms with Gasteiger partial charge in [0.2, 0.25) is 0 Å². The minimum atomic E-state index is -4.36. The predicted molar refractivity (Wildman–Crippen MR) is 99.9 cm³/mol. The molecule has 2 aromatic carbocycles. The lowest BCUT2D eigenvalue weighted by molar-refractivity contribution is -0.112. The number of nitrogens with zero attached hydrogens (tertiary/aromatic N) is 1. The van der Waals surface area contributed by atoms with Crippen molar-refractivity contribution < 1.29 is 22.5 Å². The van der Waals surface area contributed by atoms with Gasteiger partial charge in [-0.3, -0.25) is 9.35 Å². The fourth-order valence-electron chi connectivity index (χ4n) is 2.16. The Bertz CT molecular complexity index is 1040. The standard InChI is InChI=1S/C18H17N3O5S/c1-12-6-7-17(26-2)16(8-12)21-18(22)13(10-19)11-20-14-4-3-5-15(9-14)27(23,24)25/h3-9,11,20H,1-2H3,(H,21,22)(H,23,24,25)/b13-11-. The van der Waals surface area contributed by atoms with E-state index < -0.39 is 16.0 Å². The van der Waals surface area contributed by atoms with Crippen LogP contribution in [-0.4, -0.2) is 26.0 Å². The summed E-state index contributed by atoms with van der Waals surface area (Å²) in [6.45, 7) is 1.85. The quantitative estimate of drug-likeness (QED) is 0.395. The first-order chi connectivity index (χ1) is 12.7. The van der Waals surface area contributed by atoms with Crippen LogP contribution in [0.1, 0.15) is 5.56 Å². The summed E-state index contributed by atoms with van der Waals surface area (Å²) in [5.41, 5.74) is 1.35. The maximum Gasteiger partial charge on any atom is 0.294 e. The largest absolute Gasteiger partial charge is 0.495 e. The van der Waals surface area contributed by atoms with Gasteiger partial charge in [0.15, 0.2) is 0 Å². The number of nitriles is 1. The molecule has 0 spiro atoms. The van der Waals surface area contributed by atoms with Gasteiger partial charge in [-0.2, -0.15) is 13.7 Å². The molecule has 140 valence electrons. The summed E-state index contributed by atoms with van der Waals surface area (Å²) in [6.07, 6.45) is 1.14. The van der Waals surface area contributed by atoms with E-state index in [9.17, 15) is 18.5 Å². The van der Waals surface area contributed by atoms with Crippen molar-refractivity contribution in [3.05, 3.63) is 59.8 Å². The molecule has 1 amide bonds. The lowest BCUT2D eigenvalue weighted by Gasteiger charge is -2.11. The molecule has 3 N–H and O–H groups in total. The number of hydrogen-bond donors (Lipinski definition) is 3. The van der Waals surface area contributed by atoms with Crippen molar-refractivity contribution in [1.82, 2.24) is 0 Å². The number of ether oxygens (including phenoxy) is 1. The van der Waals surface area contributed by atoms with E-state index in [0.29, 0.717) is 11.4 Å². The number of carbonyl (C=O) groups is 1. The third-order valence-corrected chi connectivity index (χ3v) is 4.33. The molecule has 0 saturated carbocycles. The molecule has 0 aliphatic carbocycles. The molecular weight excluding hydrogens is 370 g/mol. The predicted octanol–water partition coefficient (Wildman–Crippen LogP) is 2.71. The van der Waals surface area contributed by atoms with Gasteiger partial charge < -0.3 is 15.4 Å². The monoisotopic (exact) mass is 387 g/mol. The Morgan fingerprint density at radius 2 is 2.00 bits per heavy atom. The van der Waals surface area contributed by atoms with Crippen LogP contribution in [0.3, 0.4) is 0 Å². The number of methoxy groups -OCH3 is 1. The Kier molecular flexibility index (Phi) is 6.18. The number of anilines is 2. The van der Waals surface area contributed by atoms with E-state index in [2.05, 4.69) is 10.6 Å². The summed E-state index contributed by atoms with van der Waals surface area (Å²) < 4.78 is 36.6. The van der Waals surface area contributed by atoms with Gasteiger partial charge in [-0.15, -0.1) is 0 Å². The van der Waals surface area contributed by atoms with Gasteiger partial charge in [-0.25, -0.2) is 0 Å². The van der Waals surface area contributed by atoms with Crippen LogP contribution in [0.25, 0.3) is 0 Å². The minimum absolute atomic E-state index is 0.240. The summed E-state index contributed by atoms with van der Waals surface area (Å²) in [6, 6.07) is 12.3. The number of aryl methyl sites for hydroxylation is 1. The van der Waals surface area contributed by atoms with Crippen LogP contribution >= 0.6 is 0 Å². The van der Waals surface area contributed by atoms with Crippen molar-refractivity contribution in [2.45, 2.75) is 11.8 Å². The highest BCUT2D eigenvalue weighted by molar-refractivity contribution is 7.85. The van der Waals surface area contributed by atoms with E-state index in [0.717, 1.165) is 11.8 Å². The molecule has 9 heteroatoms. The maximum atomic E-state index is 12.3. The van der Waals surface area contributed by atoms with Crippen molar-refractivity contribution in [3.8, 4) is 11.8 Å². The number of amides is 1. The van der Waals surface area contributed by atoms with E-state index in [1.807, 2.05) is 13.0 Å². The van der Waals surface area contributed by atoms with Gasteiger partial charge >= 0.3 is 0 Å². The second-order valence-electron chi connectivity index (χ2n) is 5.47. The van der Waals surface area contributed by atoms with Gasteiger partial charge in [-0.05, 0) is 42.8 Å². The van der Waals surface area contributed by atoms with E-state index >= 15 is 0 Å². The Hall–Kier alpha value is -3.35. The fraction of sp³-hybridized carbons (Fsp3) is 0.111. The van der Waals surface area contributed by atoms with E-state index in [1.165, 1.54) is 31.4 Å². The highest BCUT2D eigenvalue weighted by atomic mass is 32.2. The Morgan fingerprint density at radius 1 is 1.26 bits per heavy atom. The average molecular weight is 387 g/mol. The van der Waals surface area contributed by atoms with Crippen molar-refractivity contribution in [1.29, 1.82) is 5.26 Å². The number of nitrogens with one attached hydrogen (secondary N) is 2. The van der Waals surface area contributed by atoms with Crippen LogP contribution in [0.4, 0.5) is 11.4 Å². The zero-order valence-electron chi connectivity index (χ0n) is 14.6. The molecule has 0 aromatic heterocycles. The molecule has 0 heterocycles. The molecular formula is C18H17N3O5S. The maximum absolute atomic E-state index is 12.3. The number of benzene rings is 2. The minimum Gasteiger partial charge on any atom is -0.495 e. The summed E-state index contributed by atoms with van der Waals surface area (Å²) in [7, 11) is -2.89.